The van der Waals surface area contributed by atoms with Crippen LogP contribution in [0.1, 0.15) is 43.4 Å². The number of aryl methyl sites for hydroxylation is 1. The summed E-state index contributed by atoms with van der Waals surface area (Å²) in [7, 11) is 0. The van der Waals surface area contributed by atoms with E-state index in [1.807, 2.05) is 31.2 Å². The lowest BCUT2D eigenvalue weighted by atomic mass is 9.95. The fourth-order valence-electron chi connectivity index (χ4n) is 2.85. The van der Waals surface area contributed by atoms with Crippen molar-refractivity contribution in [2.45, 2.75) is 45.1 Å². The van der Waals surface area contributed by atoms with Gasteiger partial charge in [-0.05, 0) is 31.4 Å². The second kappa shape index (κ2) is 6.01. The average Bonchev–Trinajstić information content (AvgIpc) is 2.91. The molecule has 0 saturated heterocycles. The largest absolute Gasteiger partial charge is 0.419 e. The molecule has 1 fully saturated rings. The van der Waals surface area contributed by atoms with E-state index in [1.54, 1.807) is 0 Å². The monoisotopic (exact) mass is 281 g/mol. The zero-order valence-corrected chi connectivity index (χ0v) is 12.2. The first-order valence-electron chi connectivity index (χ1n) is 7.51. The molecule has 1 aliphatic carbocycles. The minimum absolute atomic E-state index is 0.346. The Morgan fingerprint density at radius 2 is 2.00 bits per heavy atom. The summed E-state index contributed by atoms with van der Waals surface area (Å²) in [6.45, 7) is 2.01. The molecule has 1 heterocycles. The van der Waals surface area contributed by atoms with E-state index in [2.05, 4.69) is 16.4 Å². The lowest BCUT2D eigenvalue weighted by molar-refractivity contribution is 0.451. The van der Waals surface area contributed by atoms with Gasteiger partial charge in [0.25, 0.3) is 0 Å². The molecule has 4 nitrogen and oxygen atoms in total. The van der Waals surface area contributed by atoms with Gasteiger partial charge in [-0.15, -0.1) is 0 Å². The van der Waals surface area contributed by atoms with Gasteiger partial charge in [0.2, 0.25) is 17.5 Å². The molecule has 4 heteroatoms. The zero-order chi connectivity index (χ0) is 14.7. The van der Waals surface area contributed by atoms with E-state index in [0.717, 1.165) is 24.0 Å². The Hall–Kier alpha value is -2.28. The highest BCUT2D eigenvalue weighted by Crippen LogP contribution is 2.29. The second-order valence-electron chi connectivity index (χ2n) is 5.60. The number of nitrogens with one attached hydrogen (secondary N) is 1. The summed E-state index contributed by atoms with van der Waals surface area (Å²) in [6, 6.07) is 10.4. The number of hydrogen-bond acceptors (Lipinski definition) is 4. The Kier molecular flexibility index (Phi) is 3.92. The molecule has 2 aromatic rings. The first-order valence-corrected chi connectivity index (χ1v) is 7.51. The number of oxazole rings is 1. The lowest BCUT2D eigenvalue weighted by Gasteiger charge is -2.22. The SMILES string of the molecule is Cc1ccccc1-c1nc(C#N)c(NC2CCCCC2)o1. The number of hydrogen-bond donors (Lipinski definition) is 1. The third-order valence-corrected chi connectivity index (χ3v) is 4.05. The number of aromatic nitrogens is 1. The number of anilines is 1. The van der Waals surface area contributed by atoms with Gasteiger partial charge in [0.1, 0.15) is 6.07 Å². The standard InChI is InChI=1S/C17H19N3O/c1-12-7-5-6-10-14(12)16-20-15(11-18)17(21-16)19-13-8-3-2-4-9-13/h5-7,10,13,19H,2-4,8-9H2,1H3. The van der Waals surface area contributed by atoms with Crippen molar-refractivity contribution in [3.05, 3.63) is 35.5 Å². The molecule has 0 amide bonds. The van der Waals surface area contributed by atoms with Crippen LogP contribution in [0.15, 0.2) is 28.7 Å². The van der Waals surface area contributed by atoms with Crippen molar-refractivity contribution >= 4 is 5.88 Å². The number of nitriles is 1. The molecule has 0 spiro atoms. The number of benzene rings is 1. The van der Waals surface area contributed by atoms with Crippen molar-refractivity contribution < 1.29 is 4.42 Å². The molecular weight excluding hydrogens is 262 g/mol. The van der Waals surface area contributed by atoms with Gasteiger partial charge in [-0.25, -0.2) is 0 Å². The summed E-state index contributed by atoms with van der Waals surface area (Å²) in [5, 5.41) is 12.6. The highest BCUT2D eigenvalue weighted by molar-refractivity contribution is 5.62. The Morgan fingerprint density at radius 3 is 2.71 bits per heavy atom. The van der Waals surface area contributed by atoms with Crippen molar-refractivity contribution in [2.24, 2.45) is 0 Å². The molecule has 1 saturated carbocycles. The van der Waals surface area contributed by atoms with E-state index in [9.17, 15) is 5.26 Å². The summed E-state index contributed by atoms with van der Waals surface area (Å²) in [4.78, 5) is 4.33. The van der Waals surface area contributed by atoms with Crippen LogP contribution in [-0.4, -0.2) is 11.0 Å². The summed E-state index contributed by atoms with van der Waals surface area (Å²) in [6.07, 6.45) is 6.03. The molecule has 1 aromatic heterocycles. The van der Waals surface area contributed by atoms with Gasteiger partial charge in [0, 0.05) is 11.6 Å². The molecule has 0 aliphatic heterocycles. The van der Waals surface area contributed by atoms with Crippen molar-refractivity contribution in [1.82, 2.24) is 4.98 Å². The Labute approximate surface area is 124 Å². The van der Waals surface area contributed by atoms with Crippen molar-refractivity contribution in [1.29, 1.82) is 5.26 Å². The molecule has 0 radical (unpaired) electrons. The van der Waals surface area contributed by atoms with Crippen LogP contribution in [-0.2, 0) is 0 Å². The number of nitrogens with zero attached hydrogens (tertiary/aromatic N) is 2. The molecule has 3 rings (SSSR count). The summed E-state index contributed by atoms with van der Waals surface area (Å²) in [5.74, 6) is 1.03. The van der Waals surface area contributed by atoms with E-state index in [4.69, 9.17) is 4.42 Å². The maximum absolute atomic E-state index is 9.26. The fourth-order valence-corrected chi connectivity index (χ4v) is 2.85. The van der Waals surface area contributed by atoms with Gasteiger partial charge in [-0.1, -0.05) is 37.5 Å². The van der Waals surface area contributed by atoms with Crippen LogP contribution >= 0.6 is 0 Å². The van der Waals surface area contributed by atoms with E-state index in [-0.39, 0.29) is 0 Å². The zero-order valence-electron chi connectivity index (χ0n) is 12.2. The van der Waals surface area contributed by atoms with Crippen LogP contribution in [0.4, 0.5) is 5.88 Å². The molecule has 0 unspecified atom stereocenters. The smallest absolute Gasteiger partial charge is 0.232 e. The van der Waals surface area contributed by atoms with E-state index >= 15 is 0 Å². The van der Waals surface area contributed by atoms with Gasteiger partial charge in [0.15, 0.2) is 0 Å². The highest BCUT2D eigenvalue weighted by Gasteiger charge is 2.20. The maximum atomic E-state index is 9.26. The van der Waals surface area contributed by atoms with Crippen LogP contribution in [0, 0.1) is 18.3 Å². The molecule has 0 atom stereocenters. The predicted octanol–water partition coefficient (Wildman–Crippen LogP) is 4.27. The van der Waals surface area contributed by atoms with Gasteiger partial charge in [-0.3, -0.25) is 0 Å². The summed E-state index contributed by atoms with van der Waals surface area (Å²) >= 11 is 0. The van der Waals surface area contributed by atoms with Gasteiger partial charge in [-0.2, -0.15) is 10.2 Å². The molecule has 1 N–H and O–H groups in total. The summed E-state index contributed by atoms with van der Waals surface area (Å²) < 4.78 is 5.83. The lowest BCUT2D eigenvalue weighted by Crippen LogP contribution is -2.22. The highest BCUT2D eigenvalue weighted by atomic mass is 16.4. The molecule has 0 bridgehead atoms. The van der Waals surface area contributed by atoms with Crippen LogP contribution < -0.4 is 5.32 Å². The van der Waals surface area contributed by atoms with Gasteiger partial charge in [0.05, 0.1) is 0 Å². The van der Waals surface area contributed by atoms with Gasteiger partial charge < -0.3 is 9.73 Å². The molecule has 1 aromatic carbocycles. The van der Waals surface area contributed by atoms with Crippen molar-refractivity contribution in [2.75, 3.05) is 5.32 Å². The summed E-state index contributed by atoms with van der Waals surface area (Å²) in [5.41, 5.74) is 2.37. The number of rotatable bonds is 3. The molecule has 1 aliphatic rings. The van der Waals surface area contributed by atoms with Gasteiger partial charge >= 0.3 is 0 Å². The minimum atomic E-state index is 0.346. The Bertz CT molecular complexity index is 663. The van der Waals surface area contributed by atoms with E-state index in [1.165, 1.54) is 19.3 Å². The third kappa shape index (κ3) is 2.92. The van der Waals surface area contributed by atoms with Crippen LogP contribution in [0.5, 0.6) is 0 Å². The molecule has 21 heavy (non-hydrogen) atoms. The normalized spacial score (nSPS) is 15.6. The maximum Gasteiger partial charge on any atom is 0.232 e. The van der Waals surface area contributed by atoms with Crippen LogP contribution in [0.25, 0.3) is 11.5 Å². The van der Waals surface area contributed by atoms with Crippen molar-refractivity contribution in [3.8, 4) is 17.5 Å². The topological polar surface area (TPSA) is 61.9 Å². The first-order chi connectivity index (χ1) is 10.3. The quantitative estimate of drug-likeness (QED) is 0.912. The third-order valence-electron chi connectivity index (χ3n) is 4.05. The van der Waals surface area contributed by atoms with Crippen LogP contribution in [0.3, 0.4) is 0 Å². The molecule has 108 valence electrons. The van der Waals surface area contributed by atoms with E-state index in [0.29, 0.717) is 23.5 Å². The molecular formula is C17H19N3O. The minimum Gasteiger partial charge on any atom is -0.419 e. The first kappa shape index (κ1) is 13.7. The van der Waals surface area contributed by atoms with E-state index < -0.39 is 0 Å². The Balaban J connectivity index is 1.88. The second-order valence-corrected chi connectivity index (χ2v) is 5.60. The Morgan fingerprint density at radius 1 is 1.24 bits per heavy atom. The average molecular weight is 281 g/mol. The van der Waals surface area contributed by atoms with Crippen LogP contribution in [0.2, 0.25) is 0 Å². The fraction of sp³-hybridized carbons (Fsp3) is 0.412. The predicted molar refractivity (Wildman–Crippen MR) is 81.9 cm³/mol. The van der Waals surface area contributed by atoms with Crippen molar-refractivity contribution in [3.63, 3.8) is 0 Å².